The van der Waals surface area contributed by atoms with E-state index in [0.29, 0.717) is 4.88 Å². The molecule has 3 aromatic rings. The zero-order valence-electron chi connectivity index (χ0n) is 13.3. The second-order valence-electron chi connectivity index (χ2n) is 5.57. The standard InChI is InChI=1S/C17H17N3O3S/c1-10-12-8-14(24-17(12)20(2)19-10)16(23)18-13(9-15(21)22)11-6-4-3-5-7-11/h3-8,13H,9H2,1-2H3,(H,18,23)(H,21,22)/t13-/m0/s1. The summed E-state index contributed by atoms with van der Waals surface area (Å²) in [5, 5.41) is 17.2. The molecule has 0 saturated heterocycles. The van der Waals surface area contributed by atoms with Crippen LogP contribution in [-0.4, -0.2) is 26.8 Å². The van der Waals surface area contributed by atoms with Crippen LogP contribution < -0.4 is 5.32 Å². The van der Waals surface area contributed by atoms with E-state index in [1.807, 2.05) is 44.3 Å². The van der Waals surface area contributed by atoms with Gasteiger partial charge in [0.05, 0.1) is 23.0 Å². The number of nitrogens with one attached hydrogen (secondary N) is 1. The number of rotatable bonds is 5. The highest BCUT2D eigenvalue weighted by molar-refractivity contribution is 7.20. The second kappa shape index (κ2) is 6.45. The number of carbonyl (C=O) groups is 2. The number of benzene rings is 1. The van der Waals surface area contributed by atoms with Crippen LogP contribution in [0.1, 0.15) is 33.4 Å². The van der Waals surface area contributed by atoms with Crippen molar-refractivity contribution in [1.82, 2.24) is 15.1 Å². The van der Waals surface area contributed by atoms with Crippen molar-refractivity contribution in [2.75, 3.05) is 0 Å². The number of hydrogen-bond donors (Lipinski definition) is 2. The van der Waals surface area contributed by atoms with Crippen LogP contribution in [0.15, 0.2) is 36.4 Å². The zero-order chi connectivity index (χ0) is 17.3. The molecule has 0 fully saturated rings. The molecule has 0 unspecified atom stereocenters. The summed E-state index contributed by atoms with van der Waals surface area (Å²) in [5.41, 5.74) is 1.64. The SMILES string of the molecule is Cc1nn(C)c2sc(C(=O)N[C@@H](CC(=O)O)c3ccccc3)cc12. The molecule has 3 rings (SSSR count). The maximum atomic E-state index is 12.6. The van der Waals surface area contributed by atoms with E-state index in [1.165, 1.54) is 11.3 Å². The summed E-state index contributed by atoms with van der Waals surface area (Å²) in [4.78, 5) is 25.2. The molecule has 2 N–H and O–H groups in total. The van der Waals surface area contributed by atoms with E-state index in [0.717, 1.165) is 21.5 Å². The highest BCUT2D eigenvalue weighted by Gasteiger charge is 2.21. The predicted octanol–water partition coefficient (Wildman–Crippen LogP) is 2.89. The first-order valence-electron chi connectivity index (χ1n) is 7.46. The number of carbonyl (C=O) groups excluding carboxylic acids is 1. The Morgan fingerprint density at radius 1 is 1.33 bits per heavy atom. The average molecular weight is 343 g/mol. The van der Waals surface area contributed by atoms with Crippen molar-refractivity contribution < 1.29 is 14.7 Å². The van der Waals surface area contributed by atoms with E-state index >= 15 is 0 Å². The first kappa shape index (κ1) is 16.2. The van der Waals surface area contributed by atoms with Crippen molar-refractivity contribution in [2.24, 2.45) is 7.05 Å². The monoisotopic (exact) mass is 343 g/mol. The fraction of sp³-hybridized carbons (Fsp3) is 0.235. The van der Waals surface area contributed by atoms with Gasteiger partial charge >= 0.3 is 5.97 Å². The van der Waals surface area contributed by atoms with Gasteiger partial charge in [0.25, 0.3) is 5.91 Å². The minimum Gasteiger partial charge on any atom is -0.481 e. The van der Waals surface area contributed by atoms with Crippen molar-refractivity contribution in [3.63, 3.8) is 0 Å². The van der Waals surface area contributed by atoms with Crippen LogP contribution in [-0.2, 0) is 11.8 Å². The highest BCUT2D eigenvalue weighted by atomic mass is 32.1. The molecule has 0 bridgehead atoms. The lowest BCUT2D eigenvalue weighted by Gasteiger charge is -2.16. The van der Waals surface area contributed by atoms with E-state index in [-0.39, 0.29) is 12.3 Å². The normalized spacial score (nSPS) is 12.2. The first-order chi connectivity index (χ1) is 11.5. The van der Waals surface area contributed by atoms with Crippen LogP contribution in [0.5, 0.6) is 0 Å². The van der Waals surface area contributed by atoms with Crippen molar-refractivity contribution in [3.8, 4) is 0 Å². The Labute approximate surface area is 142 Å². The van der Waals surface area contributed by atoms with Gasteiger partial charge in [-0.05, 0) is 18.6 Å². The van der Waals surface area contributed by atoms with Gasteiger partial charge in [-0.25, -0.2) is 0 Å². The van der Waals surface area contributed by atoms with Crippen molar-refractivity contribution in [3.05, 3.63) is 52.5 Å². The number of nitrogens with zero attached hydrogens (tertiary/aromatic N) is 2. The summed E-state index contributed by atoms with van der Waals surface area (Å²) in [6.07, 6.45) is -0.165. The molecule has 0 aliphatic rings. The number of hydrogen-bond acceptors (Lipinski definition) is 4. The molecule has 0 radical (unpaired) electrons. The average Bonchev–Trinajstić information content (AvgIpc) is 3.09. The van der Waals surface area contributed by atoms with Crippen LogP contribution in [0.4, 0.5) is 0 Å². The fourth-order valence-electron chi connectivity index (χ4n) is 2.66. The van der Waals surface area contributed by atoms with Gasteiger partial charge < -0.3 is 10.4 Å². The Kier molecular flexibility index (Phi) is 4.35. The smallest absolute Gasteiger partial charge is 0.305 e. The Balaban J connectivity index is 1.86. The molecule has 24 heavy (non-hydrogen) atoms. The third-order valence-electron chi connectivity index (χ3n) is 3.81. The molecular formula is C17H17N3O3S. The van der Waals surface area contributed by atoms with Gasteiger partial charge in [-0.2, -0.15) is 5.10 Å². The number of aromatic nitrogens is 2. The topological polar surface area (TPSA) is 84.2 Å². The molecule has 124 valence electrons. The van der Waals surface area contributed by atoms with Gasteiger partial charge in [0.15, 0.2) is 0 Å². The fourth-order valence-corrected chi connectivity index (χ4v) is 3.68. The van der Waals surface area contributed by atoms with Crippen LogP contribution in [0, 0.1) is 6.92 Å². The number of carboxylic acid groups (broad SMARTS) is 1. The summed E-state index contributed by atoms with van der Waals surface area (Å²) in [5.74, 6) is -1.23. The minimum atomic E-state index is -0.958. The Bertz CT molecular complexity index is 864. The lowest BCUT2D eigenvalue weighted by molar-refractivity contribution is -0.137. The van der Waals surface area contributed by atoms with Gasteiger partial charge in [-0.3, -0.25) is 14.3 Å². The number of aryl methyl sites for hydroxylation is 2. The number of aliphatic carboxylic acids is 1. The van der Waals surface area contributed by atoms with E-state index in [9.17, 15) is 9.59 Å². The summed E-state index contributed by atoms with van der Waals surface area (Å²) in [6, 6.07) is 10.4. The van der Waals surface area contributed by atoms with Crippen LogP contribution >= 0.6 is 11.3 Å². The van der Waals surface area contributed by atoms with Gasteiger partial charge in [0.2, 0.25) is 0 Å². The van der Waals surface area contributed by atoms with Gasteiger partial charge in [-0.15, -0.1) is 11.3 Å². The highest BCUT2D eigenvalue weighted by Crippen LogP contribution is 2.28. The number of amides is 1. The van der Waals surface area contributed by atoms with Gasteiger partial charge in [0, 0.05) is 12.4 Å². The van der Waals surface area contributed by atoms with Crippen molar-refractivity contribution in [1.29, 1.82) is 0 Å². The molecule has 0 saturated carbocycles. The molecule has 2 heterocycles. The summed E-state index contributed by atoms with van der Waals surface area (Å²) in [6.45, 7) is 1.90. The summed E-state index contributed by atoms with van der Waals surface area (Å²) in [7, 11) is 1.84. The predicted molar refractivity (Wildman–Crippen MR) is 92.2 cm³/mol. The van der Waals surface area contributed by atoms with Crippen LogP contribution in [0.3, 0.4) is 0 Å². The molecule has 2 aromatic heterocycles. The van der Waals surface area contributed by atoms with E-state index in [1.54, 1.807) is 10.7 Å². The zero-order valence-corrected chi connectivity index (χ0v) is 14.1. The molecule has 1 aromatic carbocycles. The Morgan fingerprint density at radius 3 is 2.67 bits per heavy atom. The second-order valence-corrected chi connectivity index (χ2v) is 6.60. The number of carboxylic acids is 1. The quantitative estimate of drug-likeness (QED) is 0.746. The van der Waals surface area contributed by atoms with E-state index in [4.69, 9.17) is 5.11 Å². The van der Waals surface area contributed by atoms with Gasteiger partial charge in [0.1, 0.15) is 4.83 Å². The maximum Gasteiger partial charge on any atom is 0.305 e. The molecule has 6 nitrogen and oxygen atoms in total. The van der Waals surface area contributed by atoms with E-state index in [2.05, 4.69) is 10.4 Å². The van der Waals surface area contributed by atoms with E-state index < -0.39 is 12.0 Å². The molecular weight excluding hydrogens is 326 g/mol. The molecule has 7 heteroatoms. The molecule has 0 aliphatic heterocycles. The number of fused-ring (bicyclic) bond motifs is 1. The lowest BCUT2D eigenvalue weighted by Crippen LogP contribution is -2.29. The molecule has 1 atom stereocenters. The Morgan fingerprint density at radius 2 is 2.04 bits per heavy atom. The molecule has 0 aliphatic carbocycles. The van der Waals surface area contributed by atoms with Gasteiger partial charge in [-0.1, -0.05) is 30.3 Å². The van der Waals surface area contributed by atoms with Crippen molar-refractivity contribution >= 4 is 33.4 Å². The first-order valence-corrected chi connectivity index (χ1v) is 8.28. The van der Waals surface area contributed by atoms with Crippen molar-refractivity contribution in [2.45, 2.75) is 19.4 Å². The minimum absolute atomic E-state index is 0.165. The summed E-state index contributed by atoms with van der Waals surface area (Å²) < 4.78 is 1.75. The third-order valence-corrected chi connectivity index (χ3v) is 5.01. The molecule has 1 amide bonds. The number of thiophene rings is 1. The largest absolute Gasteiger partial charge is 0.481 e. The lowest BCUT2D eigenvalue weighted by atomic mass is 10.0. The maximum absolute atomic E-state index is 12.6. The summed E-state index contributed by atoms with van der Waals surface area (Å²) >= 11 is 1.35. The Hall–Kier alpha value is -2.67. The van der Waals surface area contributed by atoms with Crippen LogP contribution in [0.2, 0.25) is 0 Å². The van der Waals surface area contributed by atoms with Crippen LogP contribution in [0.25, 0.3) is 10.2 Å². The third kappa shape index (κ3) is 3.16. The molecule has 0 spiro atoms.